The lowest BCUT2D eigenvalue weighted by Gasteiger charge is -2.42. The van der Waals surface area contributed by atoms with Crippen LogP contribution < -0.4 is 21.7 Å². The molecule has 2 aromatic carbocycles. The molecule has 3 aromatic heterocycles. The highest BCUT2D eigenvalue weighted by Crippen LogP contribution is 2.32. The van der Waals surface area contributed by atoms with Crippen molar-refractivity contribution in [1.82, 2.24) is 34.4 Å². The number of β-amino-alcohol motifs (C(OH)–C–C–N with tert-alkyl or cyclic N) is 1. The molecule has 6 amide bonds. The zero-order valence-electron chi connectivity index (χ0n) is 39.9. The van der Waals surface area contributed by atoms with Crippen molar-refractivity contribution in [3.63, 3.8) is 0 Å². The van der Waals surface area contributed by atoms with E-state index >= 15 is 0 Å². The molecular formula is C49H61N9O9S3. The summed E-state index contributed by atoms with van der Waals surface area (Å²) in [7, 11) is -3.69. The Morgan fingerprint density at radius 1 is 0.943 bits per heavy atom. The molecule has 0 aliphatic carbocycles. The van der Waals surface area contributed by atoms with E-state index in [1.54, 1.807) is 22.2 Å². The summed E-state index contributed by atoms with van der Waals surface area (Å²) >= 11 is 2.75. The predicted molar refractivity (Wildman–Crippen MR) is 269 cm³/mol. The Morgan fingerprint density at radius 2 is 1.66 bits per heavy atom. The zero-order chi connectivity index (χ0) is 50.8. The number of rotatable bonds is 22. The first-order chi connectivity index (χ1) is 33.2. The number of aryl methyl sites for hydroxylation is 1. The third-order valence-corrected chi connectivity index (χ3v) is 14.7. The van der Waals surface area contributed by atoms with Gasteiger partial charge in [0.1, 0.15) is 18.1 Å². The molecule has 0 spiro atoms. The molecule has 70 heavy (non-hydrogen) atoms. The number of aliphatic hydroxyl groups is 1. The molecule has 4 atom stereocenters. The molecule has 4 heterocycles. The van der Waals surface area contributed by atoms with Crippen molar-refractivity contribution in [2.45, 2.75) is 110 Å². The van der Waals surface area contributed by atoms with E-state index in [1.807, 2.05) is 82.3 Å². The van der Waals surface area contributed by atoms with Gasteiger partial charge in [0.15, 0.2) is 5.13 Å². The first-order valence-electron chi connectivity index (χ1n) is 23.0. The van der Waals surface area contributed by atoms with E-state index in [2.05, 4.69) is 25.9 Å². The number of carbonyl (C=O) groups excluding carboxylic acids is 6. The molecule has 374 valence electrons. The summed E-state index contributed by atoms with van der Waals surface area (Å²) in [6.07, 6.45) is 3.74. The summed E-state index contributed by atoms with van der Waals surface area (Å²) in [5.41, 5.74) is 10.6. The third-order valence-electron chi connectivity index (χ3n) is 11.9. The average molecular weight is 1020 g/mol. The van der Waals surface area contributed by atoms with Crippen LogP contribution in [-0.2, 0) is 40.5 Å². The topological polar surface area (TPSA) is 256 Å². The molecule has 18 nitrogen and oxygen atoms in total. The standard InChI is InChI=1S/C49H61N9O9S3/c1-31-42(69-30-52-31)34-20-18-32(19-21-34)26-51-46(64)39-25-36(59)28-58(39)47(65)43(49(2,3)4)57(41(61)17-10-9-16-40(50)60)23-12-11-15-37(53-44(62)35-22-24-56(27-35)70(5,66)67)45(63)55-48-54-38(29-68-48)33-13-7-6-8-14-33/h6-8,13-14,18-22,24,27,29-30,36-37,39,43,59H,9-12,15-17,23,25-26,28H2,1-5H3,(H2,50,60)(H,51,64)(H,53,62)(H,54,55,63)/t36-,37?,39+,43?/m1/s1. The van der Waals surface area contributed by atoms with Gasteiger partial charge < -0.3 is 36.6 Å². The minimum atomic E-state index is -3.69. The number of nitrogens with one attached hydrogen (secondary N) is 3. The number of nitrogens with two attached hydrogens (primary N) is 1. The van der Waals surface area contributed by atoms with Crippen LogP contribution in [-0.4, -0.2) is 116 Å². The van der Waals surface area contributed by atoms with Crippen LogP contribution in [0, 0.1) is 12.3 Å². The number of anilines is 1. The number of benzene rings is 2. The fourth-order valence-electron chi connectivity index (χ4n) is 8.33. The minimum absolute atomic E-state index is 0.00179. The number of likely N-dealkylation sites (tertiary alicyclic amines) is 1. The molecule has 0 bridgehead atoms. The maximum Gasteiger partial charge on any atom is 0.253 e. The van der Waals surface area contributed by atoms with E-state index in [4.69, 9.17) is 5.73 Å². The maximum atomic E-state index is 14.9. The molecule has 6 rings (SSSR count). The number of thiazole rings is 2. The lowest BCUT2D eigenvalue weighted by Crippen LogP contribution is -2.59. The number of aliphatic hydroxyl groups excluding tert-OH is 1. The Balaban J connectivity index is 1.18. The lowest BCUT2D eigenvalue weighted by molar-refractivity contribution is -0.153. The molecule has 21 heteroatoms. The molecule has 1 aliphatic heterocycles. The highest BCUT2D eigenvalue weighted by molar-refractivity contribution is 7.89. The molecule has 0 saturated carbocycles. The second kappa shape index (κ2) is 23.5. The molecule has 6 N–H and O–H groups in total. The molecule has 1 saturated heterocycles. The van der Waals surface area contributed by atoms with Gasteiger partial charge in [0, 0.05) is 62.2 Å². The number of carbonyl (C=O) groups is 6. The van der Waals surface area contributed by atoms with Gasteiger partial charge in [0.25, 0.3) is 5.91 Å². The van der Waals surface area contributed by atoms with Crippen LogP contribution in [0.1, 0.15) is 93.8 Å². The lowest BCUT2D eigenvalue weighted by atomic mass is 9.83. The number of unbranched alkanes of at least 4 members (excludes halogenated alkanes) is 2. The Hall–Kier alpha value is -6.29. The van der Waals surface area contributed by atoms with Crippen LogP contribution in [0.2, 0.25) is 0 Å². The molecule has 5 aromatic rings. The van der Waals surface area contributed by atoms with Gasteiger partial charge in [-0.2, -0.15) is 0 Å². The van der Waals surface area contributed by atoms with Crippen molar-refractivity contribution in [2.24, 2.45) is 11.1 Å². The van der Waals surface area contributed by atoms with E-state index in [9.17, 15) is 42.3 Å². The van der Waals surface area contributed by atoms with Crippen LogP contribution in [0.3, 0.4) is 0 Å². The van der Waals surface area contributed by atoms with Crippen LogP contribution in [0.5, 0.6) is 0 Å². The van der Waals surface area contributed by atoms with Gasteiger partial charge >= 0.3 is 0 Å². The number of hydrogen-bond donors (Lipinski definition) is 5. The van der Waals surface area contributed by atoms with Crippen molar-refractivity contribution >= 4 is 73.3 Å². The number of hydrogen-bond acceptors (Lipinski definition) is 13. The SMILES string of the molecule is Cc1ncsc1-c1ccc(CNC(=O)[C@@H]2C[C@@H](O)CN2C(=O)C(N(CCCCC(NC(=O)c2ccn(S(C)(=O)=O)c2)C(=O)Nc2nc(-c3ccccc3)cs2)C(=O)CCCCC(N)=O)C(C)(C)C)cc1. The van der Waals surface area contributed by atoms with Crippen molar-refractivity contribution in [2.75, 3.05) is 24.7 Å². The molecule has 0 radical (unpaired) electrons. The van der Waals surface area contributed by atoms with E-state index < -0.39 is 69.2 Å². The Labute approximate surface area is 416 Å². The fraction of sp³-hybridized carbons (Fsp3) is 0.429. The molecular weight excluding hydrogens is 955 g/mol. The van der Waals surface area contributed by atoms with Gasteiger partial charge in [-0.25, -0.2) is 18.4 Å². The van der Waals surface area contributed by atoms with Gasteiger partial charge in [-0.05, 0) is 61.6 Å². The van der Waals surface area contributed by atoms with Crippen molar-refractivity contribution in [3.05, 3.63) is 101 Å². The highest BCUT2D eigenvalue weighted by Gasteiger charge is 2.47. The van der Waals surface area contributed by atoms with Gasteiger partial charge in [0.05, 0.1) is 39.7 Å². The summed E-state index contributed by atoms with van der Waals surface area (Å²) in [4.78, 5) is 94.9. The smallest absolute Gasteiger partial charge is 0.253 e. The van der Waals surface area contributed by atoms with E-state index in [0.29, 0.717) is 23.7 Å². The van der Waals surface area contributed by atoms with Crippen LogP contribution in [0.4, 0.5) is 5.13 Å². The number of amides is 6. The Bertz CT molecular complexity index is 2750. The van der Waals surface area contributed by atoms with E-state index in [0.717, 1.165) is 43.7 Å². The first-order valence-corrected chi connectivity index (χ1v) is 26.6. The summed E-state index contributed by atoms with van der Waals surface area (Å²) in [6.45, 7) is 7.49. The van der Waals surface area contributed by atoms with Crippen LogP contribution in [0.25, 0.3) is 21.7 Å². The van der Waals surface area contributed by atoms with Gasteiger partial charge in [0.2, 0.25) is 39.6 Å². The molecule has 2 unspecified atom stereocenters. The summed E-state index contributed by atoms with van der Waals surface area (Å²) in [5, 5.41) is 21.5. The number of aromatic nitrogens is 3. The number of primary amides is 1. The second-order valence-corrected chi connectivity index (χ2v) is 22.1. The largest absolute Gasteiger partial charge is 0.391 e. The summed E-state index contributed by atoms with van der Waals surface area (Å²) in [5.74, 6) is -3.09. The highest BCUT2D eigenvalue weighted by atomic mass is 32.2. The predicted octanol–water partition coefficient (Wildman–Crippen LogP) is 5.33. The Morgan fingerprint density at radius 3 is 2.30 bits per heavy atom. The van der Waals surface area contributed by atoms with Crippen molar-refractivity contribution < 1.29 is 42.3 Å². The molecule has 1 aliphatic rings. The monoisotopic (exact) mass is 1020 g/mol. The Kier molecular flexibility index (Phi) is 17.9. The van der Waals surface area contributed by atoms with E-state index in [-0.39, 0.29) is 69.6 Å². The zero-order valence-corrected chi connectivity index (χ0v) is 42.4. The fourth-order valence-corrected chi connectivity index (χ4v) is 10.5. The maximum absolute atomic E-state index is 14.9. The minimum Gasteiger partial charge on any atom is -0.391 e. The van der Waals surface area contributed by atoms with Gasteiger partial charge in [-0.1, -0.05) is 75.4 Å². The second-order valence-electron chi connectivity index (χ2n) is 18.5. The van der Waals surface area contributed by atoms with Gasteiger partial charge in [-0.15, -0.1) is 22.7 Å². The summed E-state index contributed by atoms with van der Waals surface area (Å²) < 4.78 is 25.2. The van der Waals surface area contributed by atoms with E-state index in [1.165, 1.54) is 33.4 Å². The summed E-state index contributed by atoms with van der Waals surface area (Å²) in [6, 6.07) is 15.2. The van der Waals surface area contributed by atoms with Crippen LogP contribution >= 0.6 is 22.7 Å². The quantitative estimate of drug-likeness (QED) is 0.0554. The average Bonchev–Trinajstić information content (AvgIpc) is 4.15. The number of nitrogens with zero attached hydrogens (tertiary/aromatic N) is 5. The molecule has 1 fully saturated rings. The third kappa shape index (κ3) is 14.2. The van der Waals surface area contributed by atoms with Crippen molar-refractivity contribution in [3.8, 4) is 21.7 Å². The van der Waals surface area contributed by atoms with Gasteiger partial charge in [-0.3, -0.25) is 32.7 Å². The first kappa shape index (κ1) is 53.1. The van der Waals surface area contributed by atoms with Crippen molar-refractivity contribution in [1.29, 1.82) is 0 Å². The normalized spacial score (nSPS) is 15.8. The van der Waals surface area contributed by atoms with Crippen LogP contribution in [0.15, 0.2) is 83.9 Å².